The van der Waals surface area contributed by atoms with Crippen LogP contribution in [-0.2, 0) is 9.59 Å². The minimum absolute atomic E-state index is 0.130. The molecule has 0 heterocycles. The first-order chi connectivity index (χ1) is 9.31. The van der Waals surface area contributed by atoms with Crippen LogP contribution in [0.3, 0.4) is 0 Å². The number of rotatable bonds is 5. The molecule has 0 saturated carbocycles. The summed E-state index contributed by atoms with van der Waals surface area (Å²) in [4.78, 5) is 35.1. The maximum Gasteiger partial charge on any atom is 0.303 e. The average Bonchev–Trinajstić information content (AvgIpc) is 2.37. The summed E-state index contributed by atoms with van der Waals surface area (Å²) < 4.78 is 0. The molecule has 2 amide bonds. The molecule has 1 aromatic carbocycles. The molecule has 6 nitrogen and oxygen atoms in total. The first kappa shape index (κ1) is 16.0. The third kappa shape index (κ3) is 4.55. The Morgan fingerprint density at radius 1 is 1.25 bits per heavy atom. The van der Waals surface area contributed by atoms with Gasteiger partial charge in [0.05, 0.1) is 17.0 Å². The van der Waals surface area contributed by atoms with Crippen LogP contribution in [0.5, 0.6) is 0 Å². The fraction of sp³-hybridized carbons (Fsp3) is 0.308. The second-order valence-electron chi connectivity index (χ2n) is 4.34. The van der Waals surface area contributed by atoms with Crippen LogP contribution in [0.25, 0.3) is 0 Å². The van der Waals surface area contributed by atoms with Gasteiger partial charge >= 0.3 is 5.97 Å². The highest BCUT2D eigenvalue weighted by atomic mass is 35.5. The number of halogens is 1. The van der Waals surface area contributed by atoms with Crippen LogP contribution in [0, 0.1) is 0 Å². The summed E-state index contributed by atoms with van der Waals surface area (Å²) in [5.74, 6) is -1.76. The predicted molar refractivity (Wildman–Crippen MR) is 75.0 cm³/mol. The van der Waals surface area contributed by atoms with Gasteiger partial charge in [-0.05, 0) is 18.2 Å². The van der Waals surface area contributed by atoms with Gasteiger partial charge in [-0.15, -0.1) is 0 Å². The van der Waals surface area contributed by atoms with Gasteiger partial charge in [0.1, 0.15) is 0 Å². The monoisotopic (exact) mass is 298 g/mol. The molecule has 0 unspecified atom stereocenters. The summed E-state index contributed by atoms with van der Waals surface area (Å²) in [5, 5.41) is 11.3. The molecule has 0 spiro atoms. The quantitative estimate of drug-likeness (QED) is 0.868. The van der Waals surface area contributed by atoms with E-state index >= 15 is 0 Å². The van der Waals surface area contributed by atoms with Crippen molar-refractivity contribution in [3.8, 4) is 0 Å². The molecule has 0 saturated heterocycles. The highest BCUT2D eigenvalue weighted by Gasteiger charge is 2.14. The molecule has 1 rings (SSSR count). The third-order valence-electron chi connectivity index (χ3n) is 2.45. The van der Waals surface area contributed by atoms with Crippen molar-refractivity contribution >= 4 is 35.1 Å². The second-order valence-corrected chi connectivity index (χ2v) is 4.74. The molecule has 2 N–H and O–H groups in total. The number of nitrogens with zero attached hydrogens (tertiary/aromatic N) is 1. The first-order valence-electron chi connectivity index (χ1n) is 5.84. The van der Waals surface area contributed by atoms with Crippen molar-refractivity contribution in [1.82, 2.24) is 4.90 Å². The van der Waals surface area contributed by atoms with Crippen LogP contribution in [0.1, 0.15) is 23.2 Å². The van der Waals surface area contributed by atoms with E-state index in [1.807, 2.05) is 0 Å². The molecular formula is C13H15ClN2O4. The number of carbonyl (C=O) groups excluding carboxylic acids is 2. The molecular weight excluding hydrogens is 284 g/mol. The molecule has 0 aliphatic rings. The Bertz CT molecular complexity index is 543. The molecule has 0 aliphatic carbocycles. The number of hydrogen-bond donors (Lipinski definition) is 2. The van der Waals surface area contributed by atoms with E-state index in [4.69, 9.17) is 16.7 Å². The van der Waals surface area contributed by atoms with E-state index in [0.717, 1.165) is 0 Å². The van der Waals surface area contributed by atoms with Crippen molar-refractivity contribution in [1.29, 1.82) is 0 Å². The molecule has 1 aromatic rings. The van der Waals surface area contributed by atoms with E-state index in [1.165, 1.54) is 17.0 Å². The smallest absolute Gasteiger partial charge is 0.303 e. The number of nitrogens with one attached hydrogen (secondary N) is 1. The van der Waals surface area contributed by atoms with Crippen molar-refractivity contribution < 1.29 is 19.5 Å². The summed E-state index contributed by atoms with van der Waals surface area (Å²) in [7, 11) is 3.19. The maximum absolute atomic E-state index is 11.9. The predicted octanol–water partition coefficient (Wildman–Crippen LogP) is 1.85. The summed E-state index contributed by atoms with van der Waals surface area (Å²) in [6.07, 6.45) is -0.377. The Hall–Kier alpha value is -2.08. The maximum atomic E-state index is 11.9. The van der Waals surface area contributed by atoms with Gasteiger partial charge in [0, 0.05) is 26.2 Å². The highest BCUT2D eigenvalue weighted by molar-refractivity contribution is 6.34. The number of benzene rings is 1. The van der Waals surface area contributed by atoms with Crippen LogP contribution in [0.2, 0.25) is 5.02 Å². The van der Waals surface area contributed by atoms with Crippen LogP contribution in [-0.4, -0.2) is 41.9 Å². The Morgan fingerprint density at radius 3 is 2.45 bits per heavy atom. The van der Waals surface area contributed by atoms with Crippen molar-refractivity contribution in [3.05, 3.63) is 28.8 Å². The zero-order valence-electron chi connectivity index (χ0n) is 11.1. The van der Waals surface area contributed by atoms with Gasteiger partial charge in [0.25, 0.3) is 5.91 Å². The van der Waals surface area contributed by atoms with Crippen LogP contribution in [0.15, 0.2) is 18.2 Å². The van der Waals surface area contributed by atoms with E-state index < -0.39 is 11.9 Å². The van der Waals surface area contributed by atoms with E-state index in [0.29, 0.717) is 5.69 Å². The van der Waals surface area contributed by atoms with Gasteiger partial charge in [-0.3, -0.25) is 14.4 Å². The number of hydrogen-bond acceptors (Lipinski definition) is 3. The third-order valence-corrected chi connectivity index (χ3v) is 2.78. The summed E-state index contributed by atoms with van der Waals surface area (Å²) >= 11 is 5.94. The lowest BCUT2D eigenvalue weighted by Gasteiger charge is -2.13. The van der Waals surface area contributed by atoms with Gasteiger partial charge < -0.3 is 15.3 Å². The van der Waals surface area contributed by atoms with Crippen molar-refractivity contribution in [2.24, 2.45) is 0 Å². The number of anilines is 1. The fourth-order valence-electron chi connectivity index (χ4n) is 1.45. The first-order valence-corrected chi connectivity index (χ1v) is 6.22. The fourth-order valence-corrected chi connectivity index (χ4v) is 1.65. The Balaban J connectivity index is 2.82. The summed E-state index contributed by atoms with van der Waals surface area (Å²) in [5.41, 5.74) is 0.669. The summed E-state index contributed by atoms with van der Waals surface area (Å²) in [6.45, 7) is 0. The SMILES string of the molecule is CN(C)C(=O)c1cc(NC(=O)CCC(=O)O)ccc1Cl. The molecule has 7 heteroatoms. The number of amides is 2. The van der Waals surface area contributed by atoms with E-state index in [1.54, 1.807) is 20.2 Å². The largest absolute Gasteiger partial charge is 0.481 e. The lowest BCUT2D eigenvalue weighted by Crippen LogP contribution is -2.22. The molecule has 20 heavy (non-hydrogen) atoms. The van der Waals surface area contributed by atoms with Crippen molar-refractivity contribution in [2.75, 3.05) is 19.4 Å². The summed E-state index contributed by atoms with van der Waals surface area (Å²) in [6, 6.07) is 4.52. The molecule has 108 valence electrons. The van der Waals surface area contributed by atoms with E-state index in [2.05, 4.69) is 5.32 Å². The number of carboxylic acid groups (broad SMARTS) is 1. The lowest BCUT2D eigenvalue weighted by atomic mass is 10.1. The Labute approximate surface area is 121 Å². The molecule has 0 atom stereocenters. The zero-order chi connectivity index (χ0) is 15.3. The Morgan fingerprint density at radius 2 is 1.90 bits per heavy atom. The van der Waals surface area contributed by atoms with Crippen molar-refractivity contribution in [3.63, 3.8) is 0 Å². The van der Waals surface area contributed by atoms with Gasteiger partial charge in [0.2, 0.25) is 5.91 Å². The molecule has 0 radical (unpaired) electrons. The standard InChI is InChI=1S/C13H15ClN2O4/c1-16(2)13(20)9-7-8(3-4-10(9)14)15-11(17)5-6-12(18)19/h3-4,7H,5-6H2,1-2H3,(H,15,17)(H,18,19). The van der Waals surface area contributed by atoms with Crippen LogP contribution < -0.4 is 5.32 Å². The average molecular weight is 299 g/mol. The van der Waals surface area contributed by atoms with Gasteiger partial charge in [-0.25, -0.2) is 0 Å². The molecule has 0 aromatic heterocycles. The molecule has 0 fully saturated rings. The van der Waals surface area contributed by atoms with Crippen LogP contribution in [0.4, 0.5) is 5.69 Å². The number of aliphatic carboxylic acids is 1. The minimum Gasteiger partial charge on any atom is -0.481 e. The number of carbonyl (C=O) groups is 3. The van der Waals surface area contributed by atoms with Gasteiger partial charge in [-0.1, -0.05) is 11.6 Å². The van der Waals surface area contributed by atoms with E-state index in [-0.39, 0.29) is 29.3 Å². The second kappa shape index (κ2) is 6.91. The Kier molecular flexibility index (Phi) is 5.52. The van der Waals surface area contributed by atoms with Gasteiger partial charge in [-0.2, -0.15) is 0 Å². The zero-order valence-corrected chi connectivity index (χ0v) is 11.9. The normalized spacial score (nSPS) is 9.95. The number of carboxylic acids is 1. The molecule has 0 bridgehead atoms. The molecule has 0 aliphatic heterocycles. The van der Waals surface area contributed by atoms with Gasteiger partial charge in [0.15, 0.2) is 0 Å². The van der Waals surface area contributed by atoms with Crippen molar-refractivity contribution in [2.45, 2.75) is 12.8 Å². The van der Waals surface area contributed by atoms with E-state index in [9.17, 15) is 14.4 Å². The minimum atomic E-state index is -1.04. The highest BCUT2D eigenvalue weighted by Crippen LogP contribution is 2.21. The lowest BCUT2D eigenvalue weighted by molar-refractivity contribution is -0.138. The topological polar surface area (TPSA) is 86.7 Å². The van der Waals surface area contributed by atoms with Crippen LogP contribution >= 0.6 is 11.6 Å².